The molecule has 1 aliphatic carbocycles. The molecule has 0 aromatic heterocycles. The fourth-order valence-electron chi connectivity index (χ4n) is 2.97. The molecule has 1 aromatic carbocycles. The second-order valence-electron chi connectivity index (χ2n) is 6.64. The summed E-state index contributed by atoms with van der Waals surface area (Å²) in [5, 5.41) is 10.7. The summed E-state index contributed by atoms with van der Waals surface area (Å²) >= 11 is 0. The fraction of sp³-hybridized carbons (Fsp3) is 0.625. The van der Waals surface area contributed by atoms with Crippen LogP contribution in [0.4, 0.5) is 4.39 Å². The molecular formula is C16H24FNO4S. The summed E-state index contributed by atoms with van der Waals surface area (Å²) in [5.74, 6) is -0.486. The van der Waals surface area contributed by atoms with E-state index in [-0.39, 0.29) is 17.5 Å². The lowest BCUT2D eigenvalue weighted by Gasteiger charge is -2.57. The number of halogens is 1. The largest absolute Gasteiger partial charge is 0.388 e. The molecule has 0 heterocycles. The highest BCUT2D eigenvalue weighted by Crippen LogP contribution is 2.51. The van der Waals surface area contributed by atoms with Crippen LogP contribution in [-0.4, -0.2) is 38.4 Å². The van der Waals surface area contributed by atoms with Gasteiger partial charge < -0.3 is 9.84 Å². The monoisotopic (exact) mass is 345 g/mol. The number of rotatable bonds is 6. The first-order valence-electron chi connectivity index (χ1n) is 7.63. The molecule has 0 saturated heterocycles. The summed E-state index contributed by atoms with van der Waals surface area (Å²) < 4.78 is 45.9. The van der Waals surface area contributed by atoms with Crippen molar-refractivity contribution < 1.29 is 22.7 Å². The van der Waals surface area contributed by atoms with Gasteiger partial charge in [-0.1, -0.05) is 13.8 Å². The van der Waals surface area contributed by atoms with Crippen LogP contribution in [0.1, 0.15) is 32.8 Å². The zero-order valence-corrected chi connectivity index (χ0v) is 14.7. The molecule has 2 rings (SSSR count). The second kappa shape index (κ2) is 6.12. The van der Waals surface area contributed by atoms with Gasteiger partial charge in [0.15, 0.2) is 0 Å². The third-order valence-electron chi connectivity index (χ3n) is 4.88. The van der Waals surface area contributed by atoms with E-state index in [1.165, 1.54) is 19.1 Å². The van der Waals surface area contributed by atoms with Gasteiger partial charge in [0.25, 0.3) is 0 Å². The van der Waals surface area contributed by atoms with E-state index in [1.54, 1.807) is 0 Å². The topological polar surface area (TPSA) is 75.6 Å². The lowest BCUT2D eigenvalue weighted by molar-refractivity contribution is -0.236. The maximum atomic E-state index is 13.1. The number of nitrogens with one attached hydrogen (secondary N) is 1. The minimum atomic E-state index is -3.81. The van der Waals surface area contributed by atoms with Crippen molar-refractivity contribution >= 4 is 10.0 Å². The maximum absolute atomic E-state index is 13.1. The fourth-order valence-corrected chi connectivity index (χ4v) is 4.28. The van der Waals surface area contributed by atoms with Crippen LogP contribution in [0.3, 0.4) is 0 Å². The van der Waals surface area contributed by atoms with E-state index in [9.17, 15) is 17.9 Å². The number of aliphatic hydroxyl groups is 1. The Balaban J connectivity index is 2.11. The van der Waals surface area contributed by atoms with Crippen LogP contribution in [0.25, 0.3) is 0 Å². The van der Waals surface area contributed by atoms with Crippen LogP contribution in [0.5, 0.6) is 0 Å². The standard InChI is InChI=1S/C16H24FNO4S/c1-5-22-14-9-16(19,15(14,3)4)10-18-23(20,21)13-7-6-12(17)8-11(13)2/h6-8,14,18-19H,5,9-10H2,1-4H3. The third kappa shape index (κ3) is 3.28. The van der Waals surface area contributed by atoms with Crippen LogP contribution in [0.15, 0.2) is 23.1 Å². The smallest absolute Gasteiger partial charge is 0.240 e. The molecule has 1 aliphatic rings. The van der Waals surface area contributed by atoms with Gasteiger partial charge in [-0.25, -0.2) is 17.5 Å². The molecule has 0 radical (unpaired) electrons. The highest BCUT2D eigenvalue weighted by molar-refractivity contribution is 7.89. The normalized spacial score (nSPS) is 26.8. The van der Waals surface area contributed by atoms with E-state index in [0.717, 1.165) is 6.07 Å². The molecule has 1 aromatic rings. The lowest BCUT2D eigenvalue weighted by atomic mass is 9.56. The van der Waals surface area contributed by atoms with E-state index in [4.69, 9.17) is 4.74 Å². The summed E-state index contributed by atoms with van der Waals surface area (Å²) in [5.41, 5.74) is -1.40. The first-order valence-corrected chi connectivity index (χ1v) is 9.11. The first-order chi connectivity index (χ1) is 10.5. The number of benzene rings is 1. The van der Waals surface area contributed by atoms with Crippen LogP contribution in [-0.2, 0) is 14.8 Å². The zero-order chi connectivity index (χ0) is 17.5. The van der Waals surface area contributed by atoms with Crippen molar-refractivity contribution in [1.29, 1.82) is 0 Å². The minimum absolute atomic E-state index is 0.0148. The Morgan fingerprint density at radius 2 is 2.09 bits per heavy atom. The van der Waals surface area contributed by atoms with Crippen molar-refractivity contribution in [2.75, 3.05) is 13.2 Å². The van der Waals surface area contributed by atoms with E-state index in [2.05, 4.69) is 4.72 Å². The molecule has 130 valence electrons. The Morgan fingerprint density at radius 3 is 2.61 bits per heavy atom. The predicted octanol–water partition coefficient (Wildman–Crippen LogP) is 1.98. The van der Waals surface area contributed by atoms with Gasteiger partial charge in [-0.15, -0.1) is 0 Å². The van der Waals surface area contributed by atoms with Gasteiger partial charge in [-0.2, -0.15) is 0 Å². The highest BCUT2D eigenvalue weighted by atomic mass is 32.2. The van der Waals surface area contributed by atoms with Gasteiger partial charge in [0.05, 0.1) is 16.6 Å². The summed E-state index contributed by atoms with van der Waals surface area (Å²) in [4.78, 5) is 0.0148. The van der Waals surface area contributed by atoms with Crippen molar-refractivity contribution in [3.8, 4) is 0 Å². The molecule has 7 heteroatoms. The van der Waals surface area contributed by atoms with Gasteiger partial charge >= 0.3 is 0 Å². The number of aryl methyl sites for hydroxylation is 1. The average molecular weight is 345 g/mol. The van der Waals surface area contributed by atoms with Crippen molar-refractivity contribution in [2.24, 2.45) is 5.41 Å². The average Bonchev–Trinajstić information content (AvgIpc) is 2.44. The highest BCUT2D eigenvalue weighted by Gasteiger charge is 2.60. The van der Waals surface area contributed by atoms with Crippen LogP contribution >= 0.6 is 0 Å². The van der Waals surface area contributed by atoms with Gasteiger partial charge in [-0.3, -0.25) is 0 Å². The van der Waals surface area contributed by atoms with Crippen molar-refractivity contribution in [2.45, 2.75) is 50.7 Å². The van der Waals surface area contributed by atoms with E-state index in [0.29, 0.717) is 18.6 Å². The minimum Gasteiger partial charge on any atom is -0.388 e. The van der Waals surface area contributed by atoms with Crippen molar-refractivity contribution in [3.63, 3.8) is 0 Å². The second-order valence-corrected chi connectivity index (χ2v) is 8.37. The number of ether oxygens (including phenoxy) is 1. The molecule has 0 aliphatic heterocycles. The summed E-state index contributed by atoms with van der Waals surface area (Å²) in [6, 6.07) is 3.50. The van der Waals surface area contributed by atoms with Gasteiger partial charge in [0.1, 0.15) is 5.82 Å². The van der Waals surface area contributed by atoms with E-state index >= 15 is 0 Å². The Labute approximate surface area is 136 Å². The first kappa shape index (κ1) is 18.3. The Morgan fingerprint density at radius 1 is 1.43 bits per heavy atom. The van der Waals surface area contributed by atoms with Crippen LogP contribution < -0.4 is 4.72 Å². The Bertz CT molecular complexity index is 689. The van der Waals surface area contributed by atoms with E-state index in [1.807, 2.05) is 20.8 Å². The van der Waals surface area contributed by atoms with Gasteiger partial charge in [-0.05, 0) is 37.6 Å². The zero-order valence-electron chi connectivity index (χ0n) is 13.9. The molecule has 1 saturated carbocycles. The molecule has 2 N–H and O–H groups in total. The quantitative estimate of drug-likeness (QED) is 0.827. The number of hydrogen-bond donors (Lipinski definition) is 2. The molecule has 0 amide bonds. The van der Waals surface area contributed by atoms with Gasteiger partial charge in [0, 0.05) is 25.0 Å². The summed E-state index contributed by atoms with van der Waals surface area (Å²) in [7, 11) is -3.81. The number of sulfonamides is 1. The molecule has 5 nitrogen and oxygen atoms in total. The lowest BCUT2D eigenvalue weighted by Crippen LogP contribution is -2.68. The predicted molar refractivity (Wildman–Crippen MR) is 85.1 cm³/mol. The van der Waals surface area contributed by atoms with Crippen molar-refractivity contribution in [3.05, 3.63) is 29.6 Å². The van der Waals surface area contributed by atoms with Crippen LogP contribution in [0.2, 0.25) is 0 Å². The van der Waals surface area contributed by atoms with Crippen LogP contribution in [0, 0.1) is 18.2 Å². The van der Waals surface area contributed by atoms with Crippen molar-refractivity contribution in [1.82, 2.24) is 4.72 Å². The molecule has 2 unspecified atom stereocenters. The van der Waals surface area contributed by atoms with Gasteiger partial charge in [0.2, 0.25) is 10.0 Å². The Hall–Kier alpha value is -1.02. The van der Waals surface area contributed by atoms with E-state index < -0.39 is 26.9 Å². The molecule has 2 atom stereocenters. The summed E-state index contributed by atoms with van der Waals surface area (Å²) in [6.45, 7) is 7.56. The molecule has 1 fully saturated rings. The summed E-state index contributed by atoms with van der Waals surface area (Å²) in [6.07, 6.45) is 0.272. The third-order valence-corrected chi connectivity index (χ3v) is 6.44. The Kier molecular flexibility index (Phi) is 4.88. The molecular weight excluding hydrogens is 321 g/mol. The molecule has 0 spiro atoms. The number of hydrogen-bond acceptors (Lipinski definition) is 4. The molecule has 0 bridgehead atoms. The molecule has 23 heavy (non-hydrogen) atoms. The SMILES string of the molecule is CCOC1CC(O)(CNS(=O)(=O)c2ccc(F)cc2C)C1(C)C. The maximum Gasteiger partial charge on any atom is 0.240 e.